The molecule has 3 N–H and O–H groups in total. The summed E-state index contributed by atoms with van der Waals surface area (Å²) in [5.74, 6) is -0.394. The summed E-state index contributed by atoms with van der Waals surface area (Å²) in [6, 6.07) is 13.7. The summed E-state index contributed by atoms with van der Waals surface area (Å²) in [5.41, 5.74) is 2.41. The highest BCUT2D eigenvalue weighted by Crippen LogP contribution is 2.38. The molecule has 0 aliphatic heterocycles. The molecular weight excluding hydrogens is 486 g/mol. The zero-order chi connectivity index (χ0) is 25.8. The molecule has 4 aromatic rings. The number of phenolic OH excluding ortho intramolecular Hbond substituents is 1. The number of benzene rings is 3. The maximum atomic E-state index is 13.0. The molecule has 4 rings (SSSR count). The second-order valence-corrected chi connectivity index (χ2v) is 8.73. The topological polar surface area (TPSA) is 119 Å². The number of carbonyl (C=O) groups is 1. The molecule has 0 amide bonds. The van der Waals surface area contributed by atoms with Crippen molar-refractivity contribution in [2.24, 2.45) is 0 Å². The first-order valence-electron chi connectivity index (χ1n) is 11.4. The maximum Gasteiger partial charge on any atom is 0.340 e. The SMILES string of the molecule is COCCOC(=O)c1c(C)n(CCCNc2ccc(Cl)cc2N([O-])O)c2c1cc(O)c1ccccc12. The van der Waals surface area contributed by atoms with Gasteiger partial charge in [-0.15, -0.1) is 0 Å². The number of carbonyl (C=O) groups excluding carboxylic acids is 1. The van der Waals surface area contributed by atoms with E-state index in [0.29, 0.717) is 46.6 Å². The van der Waals surface area contributed by atoms with E-state index in [9.17, 15) is 20.3 Å². The van der Waals surface area contributed by atoms with Crippen molar-refractivity contribution in [2.45, 2.75) is 19.9 Å². The number of nitrogens with zero attached hydrogens (tertiary/aromatic N) is 2. The van der Waals surface area contributed by atoms with Crippen LogP contribution >= 0.6 is 11.6 Å². The number of rotatable bonds is 10. The van der Waals surface area contributed by atoms with Crippen LogP contribution in [0.2, 0.25) is 5.02 Å². The number of fused-ring (bicyclic) bond motifs is 3. The number of hydrogen-bond acceptors (Lipinski definition) is 8. The Morgan fingerprint density at radius 3 is 2.61 bits per heavy atom. The smallest absolute Gasteiger partial charge is 0.340 e. The maximum absolute atomic E-state index is 13.0. The van der Waals surface area contributed by atoms with Crippen LogP contribution < -0.4 is 10.5 Å². The van der Waals surface area contributed by atoms with Crippen molar-refractivity contribution in [2.75, 3.05) is 37.4 Å². The molecule has 0 atom stereocenters. The van der Waals surface area contributed by atoms with Gasteiger partial charge in [-0.2, -0.15) is 0 Å². The van der Waals surface area contributed by atoms with Crippen LogP contribution in [-0.4, -0.2) is 47.7 Å². The van der Waals surface area contributed by atoms with Crippen molar-refractivity contribution >= 4 is 50.6 Å². The fourth-order valence-electron chi connectivity index (χ4n) is 4.42. The molecule has 190 valence electrons. The average Bonchev–Trinajstić information content (AvgIpc) is 3.13. The quantitative estimate of drug-likeness (QED) is 0.145. The van der Waals surface area contributed by atoms with Crippen LogP contribution in [0.5, 0.6) is 5.75 Å². The van der Waals surface area contributed by atoms with Gasteiger partial charge in [0.05, 0.1) is 29.1 Å². The molecule has 0 fully saturated rings. The van der Waals surface area contributed by atoms with Crippen molar-refractivity contribution in [3.63, 3.8) is 0 Å². The van der Waals surface area contributed by atoms with Gasteiger partial charge >= 0.3 is 5.97 Å². The van der Waals surface area contributed by atoms with E-state index in [1.165, 1.54) is 13.2 Å². The summed E-state index contributed by atoms with van der Waals surface area (Å²) >= 11 is 5.93. The largest absolute Gasteiger partial charge is 0.733 e. The molecule has 1 aromatic heterocycles. The Hall–Kier alpha value is -3.50. The van der Waals surface area contributed by atoms with Gasteiger partial charge in [-0.25, -0.2) is 4.79 Å². The zero-order valence-corrected chi connectivity index (χ0v) is 20.7. The molecular formula is C26H27ClN3O6-. The fourth-order valence-corrected chi connectivity index (χ4v) is 4.59. The van der Waals surface area contributed by atoms with Gasteiger partial charge in [0.1, 0.15) is 12.4 Å². The predicted molar refractivity (Wildman–Crippen MR) is 140 cm³/mol. The number of ether oxygens (including phenoxy) is 2. The third-order valence-electron chi connectivity index (χ3n) is 6.06. The van der Waals surface area contributed by atoms with Crippen LogP contribution in [0, 0.1) is 12.1 Å². The van der Waals surface area contributed by atoms with E-state index < -0.39 is 5.97 Å². The average molecular weight is 513 g/mol. The lowest BCUT2D eigenvalue weighted by atomic mass is 10.0. The summed E-state index contributed by atoms with van der Waals surface area (Å²) in [6.45, 7) is 3.27. The molecule has 0 radical (unpaired) electrons. The number of nitrogens with one attached hydrogen (secondary N) is 1. The van der Waals surface area contributed by atoms with Gasteiger partial charge in [0.2, 0.25) is 0 Å². The summed E-state index contributed by atoms with van der Waals surface area (Å²) < 4.78 is 12.4. The Labute approximate surface area is 212 Å². The Morgan fingerprint density at radius 2 is 1.89 bits per heavy atom. The molecule has 9 nitrogen and oxygen atoms in total. The first kappa shape index (κ1) is 25.6. The van der Waals surface area contributed by atoms with Crippen molar-refractivity contribution < 1.29 is 24.6 Å². The van der Waals surface area contributed by atoms with E-state index in [-0.39, 0.29) is 29.9 Å². The Kier molecular flexibility index (Phi) is 7.85. The predicted octanol–water partition coefficient (Wildman–Crippen LogP) is 5.46. The summed E-state index contributed by atoms with van der Waals surface area (Å²) in [7, 11) is 1.53. The molecule has 0 aliphatic carbocycles. The summed E-state index contributed by atoms with van der Waals surface area (Å²) in [4.78, 5) is 13.0. The number of hydrogen-bond donors (Lipinski definition) is 3. The van der Waals surface area contributed by atoms with Crippen LogP contribution in [0.15, 0.2) is 48.5 Å². The van der Waals surface area contributed by atoms with E-state index in [0.717, 1.165) is 16.6 Å². The molecule has 0 unspecified atom stereocenters. The van der Waals surface area contributed by atoms with Crippen molar-refractivity contribution in [3.05, 3.63) is 70.0 Å². The number of anilines is 2. The van der Waals surface area contributed by atoms with Crippen LogP contribution in [0.4, 0.5) is 11.4 Å². The third-order valence-corrected chi connectivity index (χ3v) is 6.30. The third kappa shape index (κ3) is 5.05. The molecule has 1 heterocycles. The molecule has 0 saturated carbocycles. The normalized spacial score (nSPS) is 11.2. The first-order chi connectivity index (χ1) is 17.3. The molecule has 0 aliphatic rings. The van der Waals surface area contributed by atoms with Gasteiger partial charge in [0, 0.05) is 47.1 Å². The van der Waals surface area contributed by atoms with Gasteiger partial charge in [0.25, 0.3) is 0 Å². The Bertz CT molecular complexity index is 1400. The number of halogens is 1. The lowest BCUT2D eigenvalue weighted by Gasteiger charge is -2.25. The van der Waals surface area contributed by atoms with E-state index in [4.69, 9.17) is 21.1 Å². The van der Waals surface area contributed by atoms with E-state index in [1.54, 1.807) is 18.2 Å². The lowest BCUT2D eigenvalue weighted by Crippen LogP contribution is -2.13. The van der Waals surface area contributed by atoms with Gasteiger partial charge < -0.3 is 34.9 Å². The minimum Gasteiger partial charge on any atom is -0.733 e. The van der Waals surface area contributed by atoms with Crippen LogP contribution in [0.3, 0.4) is 0 Å². The Balaban J connectivity index is 1.66. The number of aromatic hydroxyl groups is 1. The summed E-state index contributed by atoms with van der Waals surface area (Å²) in [6.07, 6.45) is 0.629. The standard InChI is InChI=1S/C26H27ClN3O6/c1-16-24(26(32)36-13-12-35-2)20-15-23(31)18-6-3-4-7-19(18)25(20)29(16)11-5-10-28-21-9-8-17(27)14-22(21)30(33)34/h3-4,6-9,14-15,28,31,33H,5,10-13H2,1-2H3/q-1. The van der Waals surface area contributed by atoms with E-state index in [1.807, 2.05) is 35.8 Å². The van der Waals surface area contributed by atoms with Crippen LogP contribution in [-0.2, 0) is 16.0 Å². The number of aromatic nitrogens is 1. The van der Waals surface area contributed by atoms with Crippen LogP contribution in [0.25, 0.3) is 21.7 Å². The van der Waals surface area contributed by atoms with Gasteiger partial charge in [-0.3, -0.25) is 5.21 Å². The van der Waals surface area contributed by atoms with Crippen LogP contribution in [0.1, 0.15) is 22.5 Å². The highest BCUT2D eigenvalue weighted by atomic mass is 35.5. The lowest BCUT2D eigenvalue weighted by molar-refractivity contribution is 0.0389. The second-order valence-electron chi connectivity index (χ2n) is 8.29. The van der Waals surface area contributed by atoms with E-state index >= 15 is 0 Å². The van der Waals surface area contributed by atoms with Crippen molar-refractivity contribution in [1.82, 2.24) is 4.57 Å². The number of phenols is 1. The monoisotopic (exact) mass is 512 g/mol. The molecule has 0 saturated heterocycles. The summed E-state index contributed by atoms with van der Waals surface area (Å²) in [5, 5.41) is 36.9. The fraction of sp³-hybridized carbons (Fsp3) is 0.269. The van der Waals surface area contributed by atoms with Crippen molar-refractivity contribution in [3.8, 4) is 5.75 Å². The van der Waals surface area contributed by atoms with Gasteiger partial charge in [-0.05, 0) is 37.6 Å². The highest BCUT2D eigenvalue weighted by molar-refractivity contribution is 6.31. The van der Waals surface area contributed by atoms with Crippen molar-refractivity contribution in [1.29, 1.82) is 0 Å². The Morgan fingerprint density at radius 1 is 1.14 bits per heavy atom. The molecule has 36 heavy (non-hydrogen) atoms. The first-order valence-corrected chi connectivity index (χ1v) is 11.8. The minimum atomic E-state index is -0.481. The van der Waals surface area contributed by atoms with Gasteiger partial charge in [-0.1, -0.05) is 35.9 Å². The number of aryl methyl sites for hydroxylation is 1. The molecule has 0 spiro atoms. The molecule has 0 bridgehead atoms. The zero-order valence-electron chi connectivity index (χ0n) is 20.0. The van der Waals surface area contributed by atoms with E-state index in [2.05, 4.69) is 5.32 Å². The second kappa shape index (κ2) is 11.0. The highest BCUT2D eigenvalue weighted by Gasteiger charge is 2.24. The number of esters is 1. The minimum absolute atomic E-state index is 0.0210. The molecule has 10 heteroatoms. The van der Waals surface area contributed by atoms with Gasteiger partial charge in [0.15, 0.2) is 0 Å². The molecule has 3 aromatic carbocycles. The number of methoxy groups -OCH3 is 1.